The molecule has 15 heteroatoms. The highest BCUT2D eigenvalue weighted by Gasteiger charge is 2.30. The Balaban J connectivity index is 0.000000180. The van der Waals surface area contributed by atoms with Crippen molar-refractivity contribution < 1.29 is 24.0 Å². The fourth-order valence-corrected chi connectivity index (χ4v) is 9.55. The van der Waals surface area contributed by atoms with Crippen LogP contribution in [0.1, 0.15) is 84.3 Å². The maximum absolute atomic E-state index is 12.1. The molecule has 2 aliphatic heterocycles. The second-order valence-corrected chi connectivity index (χ2v) is 17.3. The maximum atomic E-state index is 12.1. The largest absolute Gasteiger partial charge is 0.450 e. The first kappa shape index (κ1) is 42.8. The standard InChI is InChI=1S/C22H21BrClN3O4.C22H22BrClN2O2/c1-2-31-22(28)26-7-5-13(6-8-26)20-17-11-19(27(29)30)18(24)10-14(17)3-4-15-9-16(23)12-25-21(15)20;1-2-28-22(27)26-9-7-14(8-10-26)20-19-6-5-18(24)12-15(19)3-4-16-11-17(23)13-25-21(16)20/h9-12H,2-8H2,1H3;5-6,11-13H,2-4,7-10H2,1H3. The summed E-state index contributed by atoms with van der Waals surface area (Å²) in [6.07, 6.45) is 9.39. The summed E-state index contributed by atoms with van der Waals surface area (Å²) in [7, 11) is 0. The van der Waals surface area contributed by atoms with Crippen LogP contribution in [0, 0.1) is 10.1 Å². The van der Waals surface area contributed by atoms with E-state index in [1.807, 2.05) is 19.2 Å². The molecular formula is C44H43Br2Cl2N5O6. The number of aryl methyl sites for hydroxylation is 4. The van der Waals surface area contributed by atoms with E-state index in [1.165, 1.54) is 27.8 Å². The number of nitrogens with zero attached hydrogens (tertiary/aromatic N) is 5. The van der Waals surface area contributed by atoms with Crippen molar-refractivity contribution in [3.63, 3.8) is 0 Å². The normalized spacial score (nSPS) is 16.0. The molecule has 4 heterocycles. The molecule has 4 aromatic rings. The Labute approximate surface area is 370 Å². The Morgan fingerprint density at radius 3 is 1.61 bits per heavy atom. The van der Waals surface area contributed by atoms with Crippen LogP contribution in [-0.2, 0) is 35.2 Å². The summed E-state index contributed by atoms with van der Waals surface area (Å²) in [5.74, 6) is 0. The molecule has 2 aromatic heterocycles. The van der Waals surface area contributed by atoms with Crippen LogP contribution < -0.4 is 0 Å². The highest BCUT2D eigenvalue weighted by atomic mass is 79.9. The van der Waals surface area contributed by atoms with Gasteiger partial charge in [0, 0.05) is 69.8 Å². The lowest BCUT2D eigenvalue weighted by Crippen LogP contribution is -2.37. The van der Waals surface area contributed by atoms with Gasteiger partial charge in [-0.1, -0.05) is 40.4 Å². The maximum Gasteiger partial charge on any atom is 0.409 e. The van der Waals surface area contributed by atoms with Crippen molar-refractivity contribution in [3.05, 3.63) is 140 Å². The van der Waals surface area contributed by atoms with Gasteiger partial charge in [-0.15, -0.1) is 0 Å². The third-order valence-electron chi connectivity index (χ3n) is 11.1. The second kappa shape index (κ2) is 19.0. The number of amides is 2. The number of carbonyl (C=O) groups is 2. The Morgan fingerprint density at radius 2 is 1.14 bits per heavy atom. The van der Waals surface area contributed by atoms with Gasteiger partial charge >= 0.3 is 12.2 Å². The number of rotatable bonds is 3. The van der Waals surface area contributed by atoms with Crippen molar-refractivity contribution in [3.8, 4) is 0 Å². The van der Waals surface area contributed by atoms with Gasteiger partial charge in [0.05, 0.1) is 29.5 Å². The smallest absolute Gasteiger partial charge is 0.409 e. The summed E-state index contributed by atoms with van der Waals surface area (Å²) < 4.78 is 12.2. The van der Waals surface area contributed by atoms with Crippen molar-refractivity contribution in [1.82, 2.24) is 19.8 Å². The van der Waals surface area contributed by atoms with Crippen LogP contribution in [0.2, 0.25) is 10.0 Å². The Hall–Kier alpha value is -4.30. The van der Waals surface area contributed by atoms with Gasteiger partial charge in [0.25, 0.3) is 5.69 Å². The predicted molar refractivity (Wildman–Crippen MR) is 236 cm³/mol. The number of ether oxygens (including phenoxy) is 2. The molecule has 0 radical (unpaired) electrons. The van der Waals surface area contributed by atoms with Crippen LogP contribution >= 0.6 is 55.1 Å². The van der Waals surface area contributed by atoms with Crippen molar-refractivity contribution in [2.45, 2.75) is 65.2 Å². The molecule has 59 heavy (non-hydrogen) atoms. The molecule has 0 bridgehead atoms. The fourth-order valence-electron chi connectivity index (χ4n) is 8.35. The summed E-state index contributed by atoms with van der Waals surface area (Å²) in [6, 6.07) is 13.7. The number of piperidine rings is 2. The molecule has 2 aromatic carbocycles. The second-order valence-electron chi connectivity index (χ2n) is 14.7. The zero-order valence-corrected chi connectivity index (χ0v) is 37.5. The van der Waals surface area contributed by atoms with Crippen molar-refractivity contribution in [1.29, 1.82) is 0 Å². The SMILES string of the molecule is CCOC(=O)N1CCC(=C2c3cc([N+](=O)[O-])c(Cl)cc3CCc3cc(Br)cnc32)CC1.CCOC(=O)N1CCC(=C2c3ccc(Cl)cc3CCc3cc(Br)cnc32)CC1. The quantitative estimate of drug-likeness (QED) is 0.147. The number of carbonyl (C=O) groups excluding carboxylic acids is 2. The van der Waals surface area contributed by atoms with Gasteiger partial charge in [0.1, 0.15) is 5.02 Å². The molecule has 0 spiro atoms. The first-order valence-corrected chi connectivity index (χ1v) is 22.1. The highest BCUT2D eigenvalue weighted by molar-refractivity contribution is 9.10. The van der Waals surface area contributed by atoms with E-state index in [1.54, 1.807) is 35.1 Å². The summed E-state index contributed by atoms with van der Waals surface area (Å²) in [5.41, 5.74) is 13.0. The van der Waals surface area contributed by atoms with E-state index in [2.05, 4.69) is 56.1 Å². The van der Waals surface area contributed by atoms with Gasteiger partial charge in [0.15, 0.2) is 0 Å². The summed E-state index contributed by atoms with van der Waals surface area (Å²) in [4.78, 5) is 48.3. The van der Waals surface area contributed by atoms with Gasteiger partial charge in [-0.25, -0.2) is 9.59 Å². The van der Waals surface area contributed by atoms with Crippen LogP contribution in [0.25, 0.3) is 11.1 Å². The minimum absolute atomic E-state index is 0.108. The molecule has 0 N–H and O–H groups in total. The number of hydrogen-bond acceptors (Lipinski definition) is 8. The number of hydrogen-bond donors (Lipinski definition) is 0. The number of halogens is 4. The molecule has 4 aliphatic rings. The molecule has 0 saturated carbocycles. The van der Waals surface area contributed by atoms with E-state index in [4.69, 9.17) is 42.6 Å². The Kier molecular flexibility index (Phi) is 13.8. The molecule has 308 valence electrons. The summed E-state index contributed by atoms with van der Waals surface area (Å²) in [6.45, 7) is 6.79. The predicted octanol–water partition coefficient (Wildman–Crippen LogP) is 11.2. The monoisotopic (exact) mass is 965 g/mol. The van der Waals surface area contributed by atoms with E-state index >= 15 is 0 Å². The molecule has 2 aliphatic carbocycles. The lowest BCUT2D eigenvalue weighted by molar-refractivity contribution is -0.384. The molecule has 8 rings (SSSR count). The van der Waals surface area contributed by atoms with Crippen molar-refractivity contribution >= 4 is 84.1 Å². The number of likely N-dealkylation sites (tertiary alicyclic amines) is 2. The minimum Gasteiger partial charge on any atom is -0.450 e. The number of nitro groups is 1. The molecule has 2 fully saturated rings. The summed E-state index contributed by atoms with van der Waals surface area (Å²) in [5, 5.41) is 12.5. The van der Waals surface area contributed by atoms with Gasteiger partial charge in [-0.2, -0.15) is 0 Å². The zero-order chi connectivity index (χ0) is 41.8. The van der Waals surface area contributed by atoms with Gasteiger partial charge in [-0.3, -0.25) is 20.1 Å². The summed E-state index contributed by atoms with van der Waals surface area (Å²) >= 11 is 19.6. The van der Waals surface area contributed by atoms with Gasteiger partial charge in [0.2, 0.25) is 0 Å². The number of nitro benzene ring substituents is 1. The van der Waals surface area contributed by atoms with Gasteiger partial charge in [-0.05, 0) is 161 Å². The molecular weight excluding hydrogens is 925 g/mol. The average molecular weight is 969 g/mol. The number of aromatic nitrogens is 2. The van der Waals surface area contributed by atoms with Crippen molar-refractivity contribution in [2.24, 2.45) is 0 Å². The van der Waals surface area contributed by atoms with Crippen LogP contribution in [0.4, 0.5) is 15.3 Å². The lowest BCUT2D eigenvalue weighted by Gasteiger charge is -2.29. The van der Waals surface area contributed by atoms with Crippen LogP contribution in [0.3, 0.4) is 0 Å². The molecule has 0 atom stereocenters. The highest BCUT2D eigenvalue weighted by Crippen LogP contribution is 2.42. The van der Waals surface area contributed by atoms with Crippen LogP contribution in [-0.4, -0.2) is 76.3 Å². The molecule has 11 nitrogen and oxygen atoms in total. The lowest BCUT2D eigenvalue weighted by atomic mass is 9.88. The average Bonchev–Trinajstić information content (AvgIpc) is 3.48. The molecule has 0 unspecified atom stereocenters. The van der Waals surface area contributed by atoms with Crippen LogP contribution in [0.5, 0.6) is 0 Å². The van der Waals surface area contributed by atoms with E-state index in [9.17, 15) is 19.7 Å². The third-order valence-corrected chi connectivity index (χ3v) is 12.5. The Bertz CT molecular complexity index is 2310. The van der Waals surface area contributed by atoms with Crippen LogP contribution in [0.15, 0.2) is 74.9 Å². The number of pyridine rings is 2. The molecule has 2 saturated heterocycles. The topological polar surface area (TPSA) is 128 Å². The molecule has 2 amide bonds. The third kappa shape index (κ3) is 9.53. The number of benzene rings is 2. The first-order valence-electron chi connectivity index (χ1n) is 19.8. The fraction of sp³-hybridized carbons (Fsp3) is 0.364. The zero-order valence-electron chi connectivity index (χ0n) is 32.8. The number of fused-ring (bicyclic) bond motifs is 4. The van der Waals surface area contributed by atoms with E-state index in [0.717, 1.165) is 85.3 Å². The van der Waals surface area contributed by atoms with Crippen molar-refractivity contribution in [2.75, 3.05) is 39.4 Å². The Morgan fingerprint density at radius 1 is 0.678 bits per heavy atom. The van der Waals surface area contributed by atoms with E-state index in [0.29, 0.717) is 58.7 Å². The minimum atomic E-state index is -0.449. The first-order chi connectivity index (χ1) is 28.4. The van der Waals surface area contributed by atoms with Gasteiger partial charge < -0.3 is 19.3 Å². The van der Waals surface area contributed by atoms with E-state index < -0.39 is 4.92 Å². The van der Waals surface area contributed by atoms with E-state index in [-0.39, 0.29) is 22.9 Å².